The number of halogens is 3. The van der Waals surface area contributed by atoms with Gasteiger partial charge >= 0.3 is 6.18 Å². The van der Waals surface area contributed by atoms with Crippen LogP contribution in [0.15, 0.2) is 11.2 Å². The Labute approximate surface area is 77.6 Å². The van der Waals surface area contributed by atoms with Crippen molar-refractivity contribution in [1.29, 1.82) is 0 Å². The zero-order valence-electron chi connectivity index (χ0n) is 7.01. The molecule has 0 fully saturated rings. The molecular formula is C7H7F3N2S. The SMILES string of the molecule is CSc1nc(C)cc(C(F)(F)F)n1. The summed E-state index contributed by atoms with van der Waals surface area (Å²) in [4.78, 5) is 7.17. The van der Waals surface area contributed by atoms with E-state index in [-0.39, 0.29) is 5.16 Å². The number of aromatic nitrogens is 2. The summed E-state index contributed by atoms with van der Waals surface area (Å²) >= 11 is 1.09. The third kappa shape index (κ3) is 2.58. The predicted molar refractivity (Wildman–Crippen MR) is 43.6 cm³/mol. The standard InChI is InChI=1S/C7H7F3N2S/c1-4-3-5(7(8,9)10)12-6(11-4)13-2/h3H,1-2H3. The lowest BCUT2D eigenvalue weighted by atomic mass is 10.3. The number of hydrogen-bond donors (Lipinski definition) is 0. The van der Waals surface area contributed by atoms with Crippen LogP contribution in [0.4, 0.5) is 13.2 Å². The molecule has 2 nitrogen and oxygen atoms in total. The molecule has 1 aromatic heterocycles. The molecule has 0 saturated carbocycles. The first-order valence-electron chi connectivity index (χ1n) is 3.40. The minimum absolute atomic E-state index is 0.146. The molecule has 0 atom stereocenters. The van der Waals surface area contributed by atoms with E-state index in [2.05, 4.69) is 9.97 Å². The van der Waals surface area contributed by atoms with Gasteiger partial charge < -0.3 is 0 Å². The summed E-state index contributed by atoms with van der Waals surface area (Å²) < 4.78 is 36.6. The molecule has 6 heteroatoms. The van der Waals surface area contributed by atoms with Crippen LogP contribution in [0, 0.1) is 6.92 Å². The molecule has 0 bridgehead atoms. The fourth-order valence-corrected chi connectivity index (χ4v) is 1.20. The second kappa shape index (κ2) is 3.53. The van der Waals surface area contributed by atoms with Crippen molar-refractivity contribution < 1.29 is 13.2 Å². The maximum atomic E-state index is 12.2. The molecule has 1 rings (SSSR count). The van der Waals surface area contributed by atoms with Crippen molar-refractivity contribution in [1.82, 2.24) is 9.97 Å². The van der Waals surface area contributed by atoms with E-state index in [4.69, 9.17) is 0 Å². The Bertz CT molecular complexity index is 311. The molecule has 0 radical (unpaired) electrons. The molecule has 1 heterocycles. The van der Waals surface area contributed by atoms with Crippen LogP contribution in [0.25, 0.3) is 0 Å². The van der Waals surface area contributed by atoms with E-state index in [9.17, 15) is 13.2 Å². The summed E-state index contributed by atoms with van der Waals surface area (Å²) in [5.41, 5.74) is -0.559. The number of nitrogens with zero attached hydrogens (tertiary/aromatic N) is 2. The Kier molecular flexibility index (Phi) is 2.80. The highest BCUT2D eigenvalue weighted by Gasteiger charge is 2.33. The number of hydrogen-bond acceptors (Lipinski definition) is 3. The van der Waals surface area contributed by atoms with Gasteiger partial charge in [-0.25, -0.2) is 9.97 Å². The van der Waals surface area contributed by atoms with Gasteiger partial charge in [0.05, 0.1) is 0 Å². The number of thioether (sulfide) groups is 1. The minimum atomic E-state index is -4.39. The maximum Gasteiger partial charge on any atom is 0.433 e. The predicted octanol–water partition coefficient (Wildman–Crippen LogP) is 2.53. The zero-order valence-corrected chi connectivity index (χ0v) is 7.83. The molecule has 0 aromatic carbocycles. The first-order valence-corrected chi connectivity index (χ1v) is 4.63. The molecule has 13 heavy (non-hydrogen) atoms. The van der Waals surface area contributed by atoms with Gasteiger partial charge in [0, 0.05) is 5.69 Å². The average Bonchev–Trinajstić information content (AvgIpc) is 2.01. The monoisotopic (exact) mass is 208 g/mol. The van der Waals surface area contributed by atoms with Crippen molar-refractivity contribution in [2.75, 3.05) is 6.26 Å². The van der Waals surface area contributed by atoms with Crippen LogP contribution in [0.2, 0.25) is 0 Å². The van der Waals surface area contributed by atoms with Gasteiger partial charge in [-0.1, -0.05) is 11.8 Å². The van der Waals surface area contributed by atoms with Crippen LogP contribution >= 0.6 is 11.8 Å². The smallest absolute Gasteiger partial charge is 0.228 e. The van der Waals surface area contributed by atoms with Crippen LogP contribution in [0.3, 0.4) is 0 Å². The van der Waals surface area contributed by atoms with E-state index in [0.717, 1.165) is 17.8 Å². The highest BCUT2D eigenvalue weighted by Crippen LogP contribution is 2.28. The average molecular weight is 208 g/mol. The van der Waals surface area contributed by atoms with Crippen molar-refractivity contribution in [3.8, 4) is 0 Å². The van der Waals surface area contributed by atoms with E-state index in [1.807, 2.05) is 0 Å². The quantitative estimate of drug-likeness (QED) is 0.524. The van der Waals surface area contributed by atoms with Crippen LogP contribution in [0.5, 0.6) is 0 Å². The van der Waals surface area contributed by atoms with Gasteiger partial charge in [0.15, 0.2) is 5.16 Å². The molecule has 1 aromatic rings. The molecule has 0 aliphatic heterocycles. The van der Waals surface area contributed by atoms with Gasteiger partial charge in [-0.3, -0.25) is 0 Å². The third-order valence-electron chi connectivity index (χ3n) is 1.31. The molecular weight excluding hydrogens is 201 g/mol. The highest BCUT2D eigenvalue weighted by atomic mass is 32.2. The molecule has 0 unspecified atom stereocenters. The van der Waals surface area contributed by atoms with E-state index in [1.54, 1.807) is 6.26 Å². The second-order valence-corrected chi connectivity index (χ2v) is 3.15. The fourth-order valence-electron chi connectivity index (χ4n) is 0.778. The summed E-state index contributed by atoms with van der Waals surface area (Å²) in [5, 5.41) is 0.146. The summed E-state index contributed by atoms with van der Waals surface area (Å²) in [7, 11) is 0. The normalized spacial score (nSPS) is 11.8. The third-order valence-corrected chi connectivity index (χ3v) is 1.85. The molecule has 0 aliphatic carbocycles. The molecule has 0 amide bonds. The summed E-state index contributed by atoms with van der Waals surface area (Å²) in [6, 6.07) is 0.930. The lowest BCUT2D eigenvalue weighted by Gasteiger charge is -2.06. The van der Waals surface area contributed by atoms with Crippen molar-refractivity contribution in [3.63, 3.8) is 0 Å². The first-order chi connectivity index (χ1) is 5.93. The molecule has 72 valence electrons. The lowest BCUT2D eigenvalue weighted by molar-refractivity contribution is -0.141. The molecule has 0 spiro atoms. The zero-order chi connectivity index (χ0) is 10.1. The topological polar surface area (TPSA) is 25.8 Å². The second-order valence-electron chi connectivity index (χ2n) is 2.38. The van der Waals surface area contributed by atoms with E-state index >= 15 is 0 Å². The number of aryl methyl sites for hydroxylation is 1. The van der Waals surface area contributed by atoms with Crippen molar-refractivity contribution in [2.45, 2.75) is 18.3 Å². The van der Waals surface area contributed by atoms with Gasteiger partial charge in [0.2, 0.25) is 0 Å². The summed E-state index contributed by atoms with van der Waals surface area (Å²) in [5.74, 6) is 0. The van der Waals surface area contributed by atoms with Gasteiger partial charge in [-0.05, 0) is 19.2 Å². The number of alkyl halides is 3. The Balaban J connectivity index is 3.16. The van der Waals surface area contributed by atoms with E-state index in [1.165, 1.54) is 6.92 Å². The Hall–Kier alpha value is -0.780. The van der Waals surface area contributed by atoms with E-state index in [0.29, 0.717) is 5.69 Å². The summed E-state index contributed by atoms with van der Waals surface area (Å²) in [6.45, 7) is 1.51. The Morgan fingerprint density at radius 2 is 1.92 bits per heavy atom. The highest BCUT2D eigenvalue weighted by molar-refractivity contribution is 7.98. The summed E-state index contributed by atoms with van der Waals surface area (Å²) in [6.07, 6.45) is -2.76. The van der Waals surface area contributed by atoms with Crippen molar-refractivity contribution in [2.24, 2.45) is 0 Å². The van der Waals surface area contributed by atoms with Crippen LogP contribution in [0.1, 0.15) is 11.4 Å². The number of rotatable bonds is 1. The van der Waals surface area contributed by atoms with Gasteiger partial charge in [-0.15, -0.1) is 0 Å². The first kappa shape index (κ1) is 10.3. The van der Waals surface area contributed by atoms with Crippen LogP contribution in [-0.4, -0.2) is 16.2 Å². The van der Waals surface area contributed by atoms with Crippen LogP contribution < -0.4 is 0 Å². The van der Waals surface area contributed by atoms with Crippen molar-refractivity contribution in [3.05, 3.63) is 17.5 Å². The molecule has 0 saturated heterocycles. The fraction of sp³-hybridized carbons (Fsp3) is 0.429. The van der Waals surface area contributed by atoms with Gasteiger partial charge in [-0.2, -0.15) is 13.2 Å². The van der Waals surface area contributed by atoms with Gasteiger partial charge in [0.25, 0.3) is 0 Å². The maximum absolute atomic E-state index is 12.2. The van der Waals surface area contributed by atoms with Crippen molar-refractivity contribution >= 4 is 11.8 Å². The Morgan fingerprint density at radius 3 is 2.38 bits per heavy atom. The largest absolute Gasteiger partial charge is 0.433 e. The van der Waals surface area contributed by atoms with Gasteiger partial charge in [0.1, 0.15) is 5.69 Å². The lowest BCUT2D eigenvalue weighted by Crippen LogP contribution is -2.09. The van der Waals surface area contributed by atoms with Crippen LogP contribution in [-0.2, 0) is 6.18 Å². The molecule has 0 aliphatic rings. The minimum Gasteiger partial charge on any atom is -0.228 e. The Morgan fingerprint density at radius 1 is 1.31 bits per heavy atom. The molecule has 0 N–H and O–H groups in total. The van der Waals surface area contributed by atoms with E-state index < -0.39 is 11.9 Å².